The van der Waals surface area contributed by atoms with E-state index in [-0.39, 0.29) is 18.4 Å². The average Bonchev–Trinajstić information content (AvgIpc) is 2.50. The molecule has 0 aromatic carbocycles. The zero-order valence-electron chi connectivity index (χ0n) is 11.4. The number of amides is 1. The summed E-state index contributed by atoms with van der Waals surface area (Å²) in [6, 6.07) is 1.89. The number of pyridine rings is 1. The zero-order valence-corrected chi connectivity index (χ0v) is 12.2. The van der Waals surface area contributed by atoms with E-state index < -0.39 is 0 Å². The standard InChI is InChI=1S/C14H20N2O3S/c17-6-1-9-20-13-2-5-15-10-12(13)16-14(18)11-3-7-19-8-4-11/h2,5,10-11,17H,1,3-4,6-9H2,(H,16,18). The molecule has 1 aliphatic heterocycles. The van der Waals surface area contributed by atoms with Gasteiger partial charge in [-0.15, -0.1) is 11.8 Å². The lowest BCUT2D eigenvalue weighted by atomic mass is 9.99. The van der Waals surface area contributed by atoms with E-state index in [2.05, 4.69) is 10.3 Å². The Bertz CT molecular complexity index is 436. The van der Waals surface area contributed by atoms with Crippen LogP contribution in [0.25, 0.3) is 0 Å². The summed E-state index contributed by atoms with van der Waals surface area (Å²) < 4.78 is 5.27. The second-order valence-corrected chi connectivity index (χ2v) is 5.81. The lowest BCUT2D eigenvalue weighted by Gasteiger charge is -2.21. The van der Waals surface area contributed by atoms with Crippen LogP contribution in [0.5, 0.6) is 0 Å². The van der Waals surface area contributed by atoms with E-state index in [0.29, 0.717) is 13.2 Å². The third-order valence-corrected chi connectivity index (χ3v) is 4.35. The number of carbonyl (C=O) groups is 1. The van der Waals surface area contributed by atoms with Gasteiger partial charge in [0.15, 0.2) is 0 Å². The van der Waals surface area contributed by atoms with Crippen molar-refractivity contribution in [3.63, 3.8) is 0 Å². The molecule has 1 saturated heterocycles. The predicted octanol–water partition coefficient (Wildman–Crippen LogP) is 1.92. The number of rotatable bonds is 6. The number of carbonyl (C=O) groups excluding carboxylic acids is 1. The summed E-state index contributed by atoms with van der Waals surface area (Å²) in [7, 11) is 0. The van der Waals surface area contributed by atoms with Crippen molar-refractivity contribution in [1.82, 2.24) is 4.98 Å². The molecule has 0 saturated carbocycles. The smallest absolute Gasteiger partial charge is 0.227 e. The number of thioether (sulfide) groups is 1. The van der Waals surface area contributed by atoms with E-state index in [4.69, 9.17) is 9.84 Å². The molecular weight excluding hydrogens is 276 g/mol. The number of aliphatic hydroxyl groups excluding tert-OH is 1. The van der Waals surface area contributed by atoms with Gasteiger partial charge in [0, 0.05) is 42.6 Å². The summed E-state index contributed by atoms with van der Waals surface area (Å²) >= 11 is 1.62. The Morgan fingerprint density at radius 1 is 1.50 bits per heavy atom. The quantitative estimate of drug-likeness (QED) is 0.620. The van der Waals surface area contributed by atoms with Crippen LogP contribution in [0.1, 0.15) is 19.3 Å². The van der Waals surface area contributed by atoms with Crippen LogP contribution in [0.15, 0.2) is 23.4 Å². The average molecular weight is 296 g/mol. The second-order valence-electron chi connectivity index (χ2n) is 4.67. The first-order valence-electron chi connectivity index (χ1n) is 6.87. The van der Waals surface area contributed by atoms with Crippen LogP contribution in [0.4, 0.5) is 5.69 Å². The fourth-order valence-corrected chi connectivity index (χ4v) is 2.95. The van der Waals surface area contributed by atoms with Crippen LogP contribution >= 0.6 is 11.8 Å². The van der Waals surface area contributed by atoms with Crippen LogP contribution in [-0.2, 0) is 9.53 Å². The molecule has 0 bridgehead atoms. The highest BCUT2D eigenvalue weighted by Gasteiger charge is 2.22. The zero-order chi connectivity index (χ0) is 14.2. The molecule has 110 valence electrons. The van der Waals surface area contributed by atoms with E-state index in [0.717, 1.165) is 35.6 Å². The van der Waals surface area contributed by atoms with Gasteiger partial charge in [0.05, 0.1) is 11.9 Å². The van der Waals surface area contributed by atoms with Gasteiger partial charge < -0.3 is 15.2 Å². The van der Waals surface area contributed by atoms with E-state index >= 15 is 0 Å². The van der Waals surface area contributed by atoms with Crippen LogP contribution < -0.4 is 5.32 Å². The van der Waals surface area contributed by atoms with Crippen LogP contribution in [0, 0.1) is 5.92 Å². The van der Waals surface area contributed by atoms with Crippen LogP contribution in [0.2, 0.25) is 0 Å². The molecule has 5 nitrogen and oxygen atoms in total. The van der Waals surface area contributed by atoms with Crippen molar-refractivity contribution in [3.8, 4) is 0 Å². The fraction of sp³-hybridized carbons (Fsp3) is 0.571. The lowest BCUT2D eigenvalue weighted by Crippen LogP contribution is -2.28. The van der Waals surface area contributed by atoms with Gasteiger partial charge in [-0.2, -0.15) is 0 Å². The fourth-order valence-electron chi connectivity index (χ4n) is 2.04. The number of nitrogens with one attached hydrogen (secondary N) is 1. The van der Waals surface area contributed by atoms with Crippen molar-refractivity contribution in [1.29, 1.82) is 0 Å². The Morgan fingerprint density at radius 3 is 3.05 bits per heavy atom. The van der Waals surface area contributed by atoms with Crippen LogP contribution in [-0.4, -0.2) is 41.6 Å². The van der Waals surface area contributed by atoms with Crippen molar-refractivity contribution < 1.29 is 14.6 Å². The number of hydrogen-bond acceptors (Lipinski definition) is 5. The molecule has 20 heavy (non-hydrogen) atoms. The van der Waals surface area contributed by atoms with Crippen molar-refractivity contribution in [3.05, 3.63) is 18.5 Å². The molecule has 6 heteroatoms. The van der Waals surface area contributed by atoms with Gasteiger partial charge in [0.2, 0.25) is 5.91 Å². The minimum absolute atomic E-state index is 0.0271. The molecule has 0 atom stereocenters. The summed E-state index contributed by atoms with van der Waals surface area (Å²) in [4.78, 5) is 17.3. The van der Waals surface area contributed by atoms with Gasteiger partial charge in [0.25, 0.3) is 0 Å². The van der Waals surface area contributed by atoms with Crippen LogP contribution in [0.3, 0.4) is 0 Å². The van der Waals surface area contributed by atoms with Crippen molar-refractivity contribution in [2.45, 2.75) is 24.2 Å². The predicted molar refractivity (Wildman–Crippen MR) is 78.8 cm³/mol. The molecule has 2 rings (SSSR count). The monoisotopic (exact) mass is 296 g/mol. The Kier molecular flexibility index (Phi) is 6.29. The van der Waals surface area contributed by atoms with E-state index in [1.54, 1.807) is 24.2 Å². The number of anilines is 1. The summed E-state index contributed by atoms with van der Waals surface area (Å²) in [6.45, 7) is 1.49. The van der Waals surface area contributed by atoms with E-state index in [1.165, 1.54) is 0 Å². The first-order chi connectivity index (χ1) is 9.81. The number of hydrogen-bond donors (Lipinski definition) is 2. The Balaban J connectivity index is 1.95. The summed E-state index contributed by atoms with van der Waals surface area (Å²) in [6.07, 6.45) is 5.68. The topological polar surface area (TPSA) is 71.5 Å². The summed E-state index contributed by atoms with van der Waals surface area (Å²) in [5.41, 5.74) is 0.756. The van der Waals surface area contributed by atoms with E-state index in [9.17, 15) is 4.79 Å². The lowest BCUT2D eigenvalue weighted by molar-refractivity contribution is -0.122. The minimum atomic E-state index is 0.0271. The normalized spacial score (nSPS) is 16.1. The number of nitrogens with zero attached hydrogens (tertiary/aromatic N) is 1. The molecule has 1 aromatic rings. The van der Waals surface area contributed by atoms with Gasteiger partial charge in [-0.25, -0.2) is 0 Å². The Hall–Kier alpha value is -1.11. The maximum atomic E-state index is 12.2. The number of aliphatic hydroxyl groups is 1. The Morgan fingerprint density at radius 2 is 2.30 bits per heavy atom. The minimum Gasteiger partial charge on any atom is -0.396 e. The molecule has 0 aliphatic carbocycles. The molecular formula is C14H20N2O3S. The first kappa shape index (κ1) is 15.3. The van der Waals surface area contributed by atoms with Gasteiger partial charge in [0.1, 0.15) is 0 Å². The van der Waals surface area contributed by atoms with Crippen molar-refractivity contribution in [2.75, 3.05) is 30.9 Å². The summed E-state index contributed by atoms with van der Waals surface area (Å²) in [5, 5.41) is 11.8. The molecule has 1 aromatic heterocycles. The molecule has 2 N–H and O–H groups in total. The number of ether oxygens (including phenoxy) is 1. The molecule has 1 aliphatic rings. The maximum Gasteiger partial charge on any atom is 0.227 e. The highest BCUT2D eigenvalue weighted by Crippen LogP contribution is 2.27. The molecule has 0 unspecified atom stereocenters. The van der Waals surface area contributed by atoms with Gasteiger partial charge >= 0.3 is 0 Å². The first-order valence-corrected chi connectivity index (χ1v) is 7.86. The Labute approximate surface area is 123 Å². The molecule has 0 radical (unpaired) electrons. The van der Waals surface area contributed by atoms with Gasteiger partial charge in [-0.1, -0.05) is 0 Å². The molecule has 0 spiro atoms. The van der Waals surface area contributed by atoms with Crippen molar-refractivity contribution in [2.24, 2.45) is 5.92 Å². The van der Waals surface area contributed by atoms with Gasteiger partial charge in [-0.05, 0) is 25.3 Å². The largest absolute Gasteiger partial charge is 0.396 e. The van der Waals surface area contributed by atoms with E-state index in [1.807, 2.05) is 6.07 Å². The highest BCUT2D eigenvalue weighted by molar-refractivity contribution is 7.99. The molecule has 1 amide bonds. The number of aromatic nitrogens is 1. The highest BCUT2D eigenvalue weighted by atomic mass is 32.2. The molecule has 1 fully saturated rings. The SMILES string of the molecule is O=C(Nc1cnccc1SCCCO)C1CCOCC1. The summed E-state index contributed by atoms with van der Waals surface area (Å²) in [5.74, 6) is 0.894. The third kappa shape index (κ3) is 4.47. The van der Waals surface area contributed by atoms with Crippen molar-refractivity contribution >= 4 is 23.4 Å². The molecule has 2 heterocycles. The third-order valence-electron chi connectivity index (χ3n) is 3.19. The maximum absolute atomic E-state index is 12.2. The van der Waals surface area contributed by atoms with Gasteiger partial charge in [-0.3, -0.25) is 9.78 Å². The second kappa shape index (κ2) is 8.24.